The van der Waals surface area contributed by atoms with Gasteiger partial charge in [-0.2, -0.15) is 0 Å². The number of amides is 1. The standard InChI is InChI=1S/C18H21BrN4O3/c19-11-3-6-14-15(8-11)17(26-13-4-5-13)22-23(18(14)25)10-16(24)21-12-2-1-7-20-9-12/h3,6,8,12-13,20H,1-2,4-5,7,9-10H2,(H,21,24)/t12-/m1/s1. The lowest BCUT2D eigenvalue weighted by molar-refractivity contribution is -0.122. The van der Waals surface area contributed by atoms with E-state index in [0.717, 1.165) is 43.2 Å². The van der Waals surface area contributed by atoms with Gasteiger partial charge < -0.3 is 15.4 Å². The first kappa shape index (κ1) is 17.5. The van der Waals surface area contributed by atoms with Crippen LogP contribution >= 0.6 is 15.9 Å². The van der Waals surface area contributed by atoms with Gasteiger partial charge in [-0.3, -0.25) is 9.59 Å². The van der Waals surface area contributed by atoms with E-state index in [1.54, 1.807) is 6.07 Å². The minimum absolute atomic E-state index is 0.102. The zero-order chi connectivity index (χ0) is 18.1. The molecule has 1 aromatic carbocycles. The molecule has 0 unspecified atom stereocenters. The van der Waals surface area contributed by atoms with Crippen molar-refractivity contribution in [3.8, 4) is 5.88 Å². The molecule has 1 aliphatic carbocycles. The minimum Gasteiger partial charge on any atom is -0.473 e. The Kier molecular flexibility index (Phi) is 4.95. The van der Waals surface area contributed by atoms with Crippen LogP contribution in [-0.2, 0) is 11.3 Å². The van der Waals surface area contributed by atoms with E-state index in [1.807, 2.05) is 12.1 Å². The number of ether oxygens (including phenoxy) is 1. The first-order chi connectivity index (χ1) is 12.6. The van der Waals surface area contributed by atoms with E-state index in [4.69, 9.17) is 4.74 Å². The second-order valence-electron chi connectivity index (χ2n) is 6.89. The number of carbonyl (C=O) groups excluding carboxylic acids is 1. The van der Waals surface area contributed by atoms with Gasteiger partial charge >= 0.3 is 0 Å². The zero-order valence-electron chi connectivity index (χ0n) is 14.3. The van der Waals surface area contributed by atoms with Crippen molar-refractivity contribution in [3.63, 3.8) is 0 Å². The van der Waals surface area contributed by atoms with Gasteiger partial charge in [0.05, 0.1) is 10.8 Å². The number of halogens is 1. The van der Waals surface area contributed by atoms with E-state index >= 15 is 0 Å². The molecule has 0 bridgehead atoms. The summed E-state index contributed by atoms with van der Waals surface area (Å²) in [5.41, 5.74) is -0.285. The van der Waals surface area contributed by atoms with Crippen molar-refractivity contribution in [2.24, 2.45) is 0 Å². The summed E-state index contributed by atoms with van der Waals surface area (Å²) in [4.78, 5) is 25.1. The highest BCUT2D eigenvalue weighted by Gasteiger charge is 2.26. The number of nitrogens with zero attached hydrogens (tertiary/aromatic N) is 2. The van der Waals surface area contributed by atoms with Gasteiger partial charge in [0.25, 0.3) is 5.56 Å². The third-order valence-electron chi connectivity index (χ3n) is 4.65. The van der Waals surface area contributed by atoms with E-state index < -0.39 is 0 Å². The SMILES string of the molecule is O=C(Cn1nc(OC2CC2)c2cc(Br)ccc2c1=O)N[C@@H]1CCCNC1. The van der Waals surface area contributed by atoms with Gasteiger partial charge in [0, 0.05) is 17.1 Å². The summed E-state index contributed by atoms with van der Waals surface area (Å²) in [6, 6.07) is 5.48. The highest BCUT2D eigenvalue weighted by Crippen LogP contribution is 2.30. The summed E-state index contributed by atoms with van der Waals surface area (Å²) < 4.78 is 7.95. The van der Waals surface area contributed by atoms with Crippen LogP contribution < -0.4 is 20.9 Å². The quantitative estimate of drug-likeness (QED) is 0.766. The molecule has 2 aromatic rings. The van der Waals surface area contributed by atoms with E-state index in [9.17, 15) is 9.59 Å². The lowest BCUT2D eigenvalue weighted by Gasteiger charge is -2.23. The number of aromatic nitrogens is 2. The van der Waals surface area contributed by atoms with Crippen molar-refractivity contribution >= 4 is 32.6 Å². The first-order valence-electron chi connectivity index (χ1n) is 8.97. The maximum absolute atomic E-state index is 12.8. The Labute approximate surface area is 159 Å². The van der Waals surface area contributed by atoms with Crippen LogP contribution in [0.3, 0.4) is 0 Å². The van der Waals surface area contributed by atoms with Crippen LogP contribution in [0.5, 0.6) is 5.88 Å². The maximum atomic E-state index is 12.8. The molecule has 2 N–H and O–H groups in total. The Morgan fingerprint density at radius 2 is 2.19 bits per heavy atom. The fraction of sp³-hybridized carbons (Fsp3) is 0.500. The van der Waals surface area contributed by atoms with Crippen molar-refractivity contribution in [1.29, 1.82) is 0 Å². The molecule has 1 aliphatic heterocycles. The monoisotopic (exact) mass is 420 g/mol. The molecule has 1 amide bonds. The topological polar surface area (TPSA) is 85.2 Å². The van der Waals surface area contributed by atoms with E-state index in [2.05, 4.69) is 31.7 Å². The predicted octanol–water partition coefficient (Wildman–Crippen LogP) is 1.57. The number of hydrogen-bond acceptors (Lipinski definition) is 5. The van der Waals surface area contributed by atoms with Crippen LogP contribution in [0.2, 0.25) is 0 Å². The van der Waals surface area contributed by atoms with Crippen LogP contribution in [-0.4, -0.2) is 40.9 Å². The molecule has 1 saturated carbocycles. The molecule has 8 heteroatoms. The van der Waals surface area contributed by atoms with Crippen LogP contribution in [0.4, 0.5) is 0 Å². The predicted molar refractivity (Wildman–Crippen MR) is 101 cm³/mol. The maximum Gasteiger partial charge on any atom is 0.275 e. The molecule has 0 radical (unpaired) electrons. The van der Waals surface area contributed by atoms with Crippen molar-refractivity contribution in [2.45, 2.75) is 44.4 Å². The molecule has 2 fully saturated rings. The van der Waals surface area contributed by atoms with Crippen molar-refractivity contribution in [1.82, 2.24) is 20.4 Å². The number of hydrogen-bond donors (Lipinski definition) is 2. The summed E-state index contributed by atoms with van der Waals surface area (Å²) in [5, 5.41) is 11.7. The molecule has 1 saturated heterocycles. The van der Waals surface area contributed by atoms with Gasteiger partial charge in [-0.05, 0) is 50.4 Å². The normalized spacial score (nSPS) is 20.1. The van der Waals surface area contributed by atoms with Gasteiger partial charge in [-0.15, -0.1) is 5.10 Å². The number of piperidine rings is 1. The molecular weight excluding hydrogens is 400 g/mol. The van der Waals surface area contributed by atoms with Gasteiger partial charge in [0.1, 0.15) is 12.6 Å². The lowest BCUT2D eigenvalue weighted by Crippen LogP contribution is -2.47. The average molecular weight is 421 g/mol. The van der Waals surface area contributed by atoms with Crippen molar-refractivity contribution in [2.75, 3.05) is 13.1 Å². The van der Waals surface area contributed by atoms with Crippen molar-refractivity contribution in [3.05, 3.63) is 33.0 Å². The Bertz CT molecular complexity index is 888. The molecule has 1 atom stereocenters. The highest BCUT2D eigenvalue weighted by molar-refractivity contribution is 9.10. The van der Waals surface area contributed by atoms with Crippen LogP contribution in [0.25, 0.3) is 10.8 Å². The molecule has 4 rings (SSSR count). The third-order valence-corrected chi connectivity index (χ3v) is 5.14. The minimum atomic E-state index is -0.285. The lowest BCUT2D eigenvalue weighted by atomic mass is 10.1. The Morgan fingerprint density at radius 3 is 2.92 bits per heavy atom. The molecule has 0 spiro atoms. The van der Waals surface area contributed by atoms with E-state index in [1.165, 1.54) is 4.68 Å². The molecule has 7 nitrogen and oxygen atoms in total. The summed E-state index contributed by atoms with van der Waals surface area (Å²) in [7, 11) is 0. The van der Waals surface area contributed by atoms with Crippen LogP contribution in [0.1, 0.15) is 25.7 Å². The summed E-state index contributed by atoms with van der Waals surface area (Å²) in [6.07, 6.45) is 4.12. The molecule has 2 aliphatic rings. The Balaban J connectivity index is 1.61. The summed E-state index contributed by atoms with van der Waals surface area (Å²) in [6.45, 7) is 1.63. The smallest absolute Gasteiger partial charge is 0.275 e. The van der Waals surface area contributed by atoms with Crippen LogP contribution in [0, 0.1) is 0 Å². The van der Waals surface area contributed by atoms with E-state index in [0.29, 0.717) is 16.7 Å². The molecular formula is C18H21BrN4O3. The Morgan fingerprint density at radius 1 is 1.35 bits per heavy atom. The Hall–Kier alpha value is -1.93. The average Bonchev–Trinajstić information content (AvgIpc) is 3.44. The fourth-order valence-corrected chi connectivity index (χ4v) is 3.51. The zero-order valence-corrected chi connectivity index (χ0v) is 15.9. The largest absolute Gasteiger partial charge is 0.473 e. The van der Waals surface area contributed by atoms with Crippen molar-refractivity contribution < 1.29 is 9.53 Å². The molecule has 2 heterocycles. The highest BCUT2D eigenvalue weighted by atomic mass is 79.9. The van der Waals surface area contributed by atoms with E-state index in [-0.39, 0.29) is 30.2 Å². The van der Waals surface area contributed by atoms with Gasteiger partial charge in [0.2, 0.25) is 11.8 Å². The molecule has 1 aromatic heterocycles. The van der Waals surface area contributed by atoms with Crippen LogP contribution in [0.15, 0.2) is 27.5 Å². The number of nitrogens with one attached hydrogen (secondary N) is 2. The number of carbonyl (C=O) groups is 1. The number of rotatable bonds is 5. The van der Waals surface area contributed by atoms with Gasteiger partial charge in [-0.25, -0.2) is 4.68 Å². The second-order valence-corrected chi connectivity index (χ2v) is 7.80. The second kappa shape index (κ2) is 7.36. The third kappa shape index (κ3) is 3.91. The van der Waals surface area contributed by atoms with Gasteiger partial charge in [-0.1, -0.05) is 15.9 Å². The molecule has 26 heavy (non-hydrogen) atoms. The first-order valence-corrected chi connectivity index (χ1v) is 9.76. The summed E-state index contributed by atoms with van der Waals surface area (Å²) in [5.74, 6) is 0.206. The fourth-order valence-electron chi connectivity index (χ4n) is 3.15. The molecule has 138 valence electrons. The summed E-state index contributed by atoms with van der Waals surface area (Å²) >= 11 is 3.42. The number of fused-ring (bicyclic) bond motifs is 1. The number of benzene rings is 1. The van der Waals surface area contributed by atoms with Gasteiger partial charge in [0.15, 0.2) is 0 Å².